The van der Waals surface area contributed by atoms with Crippen LogP contribution in [0.25, 0.3) is 10.2 Å². The molecule has 0 aliphatic heterocycles. The third kappa shape index (κ3) is 1.84. The molecule has 0 aromatic carbocycles. The zero-order chi connectivity index (χ0) is 10.8. The number of nitrogens with zero attached hydrogens (tertiary/aromatic N) is 2. The lowest BCUT2D eigenvalue weighted by atomic mass is 10.3. The summed E-state index contributed by atoms with van der Waals surface area (Å²) >= 11 is 1.46. The van der Waals surface area contributed by atoms with Gasteiger partial charge in [0.2, 0.25) is 0 Å². The molecule has 4 nitrogen and oxygen atoms in total. The minimum atomic E-state index is -0.0316. The predicted molar refractivity (Wildman–Crippen MR) is 62.1 cm³/mol. The van der Waals surface area contributed by atoms with Gasteiger partial charge in [0.05, 0.1) is 11.7 Å². The van der Waals surface area contributed by atoms with Crippen LogP contribution in [0.1, 0.15) is 0 Å². The van der Waals surface area contributed by atoms with E-state index in [4.69, 9.17) is 5.73 Å². The Kier molecular flexibility index (Phi) is 2.66. The maximum atomic E-state index is 11.9. The quantitative estimate of drug-likeness (QED) is 0.786. The second-order valence-corrected chi connectivity index (χ2v) is 4.17. The first-order chi connectivity index (χ1) is 7.22. The third-order valence-electron chi connectivity index (χ3n) is 2.13. The highest BCUT2D eigenvalue weighted by Crippen LogP contribution is 2.13. The van der Waals surface area contributed by atoms with Crippen LogP contribution in [0, 0.1) is 0 Å². The monoisotopic (exact) mass is 221 g/mol. The Balaban J connectivity index is 2.48. The van der Waals surface area contributed by atoms with E-state index in [0.717, 1.165) is 10.4 Å². The van der Waals surface area contributed by atoms with Gasteiger partial charge in [0, 0.05) is 13.1 Å². The molecule has 2 aromatic rings. The molecule has 0 fully saturated rings. The standard InChI is InChI=1S/C10H11N3OS/c1-7(4-11)5-13-6-12-9-8(10(13)14)2-3-15-9/h2-3,6H,1,4-5,11H2. The van der Waals surface area contributed by atoms with Gasteiger partial charge in [-0.1, -0.05) is 6.58 Å². The third-order valence-corrected chi connectivity index (χ3v) is 2.95. The number of nitrogens with two attached hydrogens (primary N) is 1. The highest BCUT2D eigenvalue weighted by molar-refractivity contribution is 7.16. The fourth-order valence-corrected chi connectivity index (χ4v) is 2.03. The van der Waals surface area contributed by atoms with Crippen molar-refractivity contribution in [3.05, 3.63) is 40.3 Å². The molecular weight excluding hydrogens is 210 g/mol. The van der Waals surface area contributed by atoms with Crippen LogP contribution < -0.4 is 11.3 Å². The van der Waals surface area contributed by atoms with Crippen LogP contribution in [0.15, 0.2) is 34.7 Å². The van der Waals surface area contributed by atoms with Gasteiger partial charge in [0.1, 0.15) is 4.83 Å². The highest BCUT2D eigenvalue weighted by atomic mass is 32.1. The molecule has 0 saturated carbocycles. The number of aromatic nitrogens is 2. The smallest absolute Gasteiger partial charge is 0.262 e. The van der Waals surface area contributed by atoms with Crippen molar-refractivity contribution < 1.29 is 0 Å². The van der Waals surface area contributed by atoms with Gasteiger partial charge in [-0.25, -0.2) is 4.98 Å². The summed E-state index contributed by atoms with van der Waals surface area (Å²) in [6.45, 7) is 4.59. The van der Waals surface area contributed by atoms with E-state index >= 15 is 0 Å². The summed E-state index contributed by atoms with van der Waals surface area (Å²) in [7, 11) is 0. The Morgan fingerprint density at radius 3 is 3.20 bits per heavy atom. The van der Waals surface area contributed by atoms with Gasteiger partial charge >= 0.3 is 0 Å². The van der Waals surface area contributed by atoms with E-state index < -0.39 is 0 Å². The Bertz CT molecular complexity index is 555. The van der Waals surface area contributed by atoms with Crippen molar-refractivity contribution >= 4 is 21.6 Å². The number of thiophene rings is 1. The van der Waals surface area contributed by atoms with Crippen molar-refractivity contribution in [2.45, 2.75) is 6.54 Å². The fraction of sp³-hybridized carbons (Fsp3) is 0.200. The van der Waals surface area contributed by atoms with E-state index in [9.17, 15) is 4.79 Å². The van der Waals surface area contributed by atoms with E-state index in [0.29, 0.717) is 18.5 Å². The van der Waals surface area contributed by atoms with Crippen LogP contribution in [0.3, 0.4) is 0 Å². The maximum Gasteiger partial charge on any atom is 0.262 e. The van der Waals surface area contributed by atoms with E-state index in [1.165, 1.54) is 15.9 Å². The molecule has 0 saturated heterocycles. The van der Waals surface area contributed by atoms with E-state index in [1.54, 1.807) is 12.4 Å². The summed E-state index contributed by atoms with van der Waals surface area (Å²) in [5.74, 6) is 0. The molecule has 0 radical (unpaired) electrons. The summed E-state index contributed by atoms with van der Waals surface area (Å²) < 4.78 is 1.53. The lowest BCUT2D eigenvalue weighted by Gasteiger charge is -2.05. The minimum absolute atomic E-state index is 0.0316. The normalized spacial score (nSPS) is 10.7. The molecule has 78 valence electrons. The zero-order valence-corrected chi connectivity index (χ0v) is 8.96. The van der Waals surface area contributed by atoms with Crippen molar-refractivity contribution in [3.8, 4) is 0 Å². The highest BCUT2D eigenvalue weighted by Gasteiger charge is 2.04. The second-order valence-electron chi connectivity index (χ2n) is 3.27. The van der Waals surface area contributed by atoms with Crippen molar-refractivity contribution in [1.82, 2.24) is 9.55 Å². The number of rotatable bonds is 3. The van der Waals surface area contributed by atoms with Crippen molar-refractivity contribution in [1.29, 1.82) is 0 Å². The van der Waals surface area contributed by atoms with Gasteiger partial charge < -0.3 is 5.73 Å². The second kappa shape index (κ2) is 3.96. The lowest BCUT2D eigenvalue weighted by molar-refractivity contribution is 0.727. The predicted octanol–water partition coefficient (Wildman–Crippen LogP) is 0.973. The van der Waals surface area contributed by atoms with Gasteiger partial charge in [0.15, 0.2) is 0 Å². The molecule has 2 aromatic heterocycles. The van der Waals surface area contributed by atoms with Crippen LogP contribution in [0.2, 0.25) is 0 Å². The molecule has 2 N–H and O–H groups in total. The molecule has 0 aliphatic carbocycles. The van der Waals surface area contributed by atoms with Crippen LogP contribution in [-0.4, -0.2) is 16.1 Å². The minimum Gasteiger partial charge on any atom is -0.327 e. The molecule has 15 heavy (non-hydrogen) atoms. The number of fused-ring (bicyclic) bond motifs is 1. The van der Waals surface area contributed by atoms with Crippen LogP contribution in [0.4, 0.5) is 0 Å². The average Bonchev–Trinajstić information content (AvgIpc) is 2.70. The summed E-state index contributed by atoms with van der Waals surface area (Å²) in [4.78, 5) is 16.9. The molecule has 2 rings (SSSR count). The number of hydrogen-bond acceptors (Lipinski definition) is 4. The molecule has 5 heteroatoms. The van der Waals surface area contributed by atoms with E-state index in [2.05, 4.69) is 11.6 Å². The van der Waals surface area contributed by atoms with Crippen LogP contribution in [0.5, 0.6) is 0 Å². The van der Waals surface area contributed by atoms with Gasteiger partial charge in [-0.3, -0.25) is 9.36 Å². The van der Waals surface area contributed by atoms with Gasteiger partial charge in [-0.05, 0) is 17.0 Å². The summed E-state index contributed by atoms with van der Waals surface area (Å²) in [5.41, 5.74) is 6.21. The lowest BCUT2D eigenvalue weighted by Crippen LogP contribution is -2.22. The molecule has 0 atom stereocenters. The van der Waals surface area contributed by atoms with Crippen LogP contribution in [-0.2, 0) is 6.54 Å². The van der Waals surface area contributed by atoms with E-state index in [1.807, 2.05) is 5.38 Å². The average molecular weight is 221 g/mol. The molecular formula is C10H11N3OS. The number of hydrogen-bond donors (Lipinski definition) is 1. The summed E-state index contributed by atoms with van der Waals surface area (Å²) in [5, 5.41) is 2.52. The molecule has 0 amide bonds. The molecule has 0 bridgehead atoms. The topological polar surface area (TPSA) is 60.9 Å². The van der Waals surface area contributed by atoms with Crippen LogP contribution >= 0.6 is 11.3 Å². The van der Waals surface area contributed by atoms with Gasteiger partial charge in [0.25, 0.3) is 5.56 Å². The first kappa shape index (κ1) is 10.1. The SMILES string of the molecule is C=C(CN)Cn1cnc2sccc2c1=O. The van der Waals surface area contributed by atoms with E-state index in [-0.39, 0.29) is 5.56 Å². The Morgan fingerprint density at radius 1 is 1.67 bits per heavy atom. The maximum absolute atomic E-state index is 11.9. The Hall–Kier alpha value is -1.46. The Morgan fingerprint density at radius 2 is 2.47 bits per heavy atom. The zero-order valence-electron chi connectivity index (χ0n) is 8.14. The summed E-state index contributed by atoms with van der Waals surface area (Å²) in [6.07, 6.45) is 1.54. The molecule has 0 spiro atoms. The Labute approximate surface area is 90.7 Å². The van der Waals surface area contributed by atoms with Crippen molar-refractivity contribution in [2.75, 3.05) is 6.54 Å². The summed E-state index contributed by atoms with van der Waals surface area (Å²) in [6, 6.07) is 1.79. The van der Waals surface area contributed by atoms with Crippen molar-refractivity contribution in [3.63, 3.8) is 0 Å². The van der Waals surface area contributed by atoms with Gasteiger partial charge in [-0.2, -0.15) is 0 Å². The van der Waals surface area contributed by atoms with Crippen molar-refractivity contribution in [2.24, 2.45) is 5.73 Å². The molecule has 0 aliphatic rings. The molecule has 0 unspecified atom stereocenters. The molecule has 2 heterocycles. The van der Waals surface area contributed by atoms with Gasteiger partial charge in [-0.15, -0.1) is 11.3 Å². The largest absolute Gasteiger partial charge is 0.327 e. The first-order valence-electron chi connectivity index (χ1n) is 4.51. The first-order valence-corrected chi connectivity index (χ1v) is 5.39. The fourth-order valence-electron chi connectivity index (χ4n) is 1.31.